The van der Waals surface area contributed by atoms with Gasteiger partial charge in [-0.1, -0.05) is 48.0 Å². The Kier molecular flexibility index (Phi) is 3.20. The largest absolute Gasteiger partial charge is 0.383 e. The van der Waals surface area contributed by atoms with Crippen molar-refractivity contribution in [3.8, 4) is 16.8 Å². The fourth-order valence-electron chi connectivity index (χ4n) is 2.31. The summed E-state index contributed by atoms with van der Waals surface area (Å²) in [6.45, 7) is 1.96. The molecule has 1 heterocycles. The van der Waals surface area contributed by atoms with E-state index in [1.165, 1.54) is 0 Å². The Hall–Kier alpha value is -2.26. The number of aryl methyl sites for hydroxylation is 1. The van der Waals surface area contributed by atoms with Crippen LogP contribution in [0.25, 0.3) is 16.8 Å². The summed E-state index contributed by atoms with van der Waals surface area (Å²) in [5, 5.41) is 5.19. The van der Waals surface area contributed by atoms with Crippen molar-refractivity contribution in [2.75, 3.05) is 5.73 Å². The zero-order valence-electron chi connectivity index (χ0n) is 11.0. The predicted octanol–water partition coefficient (Wildman–Crippen LogP) is 4.08. The molecule has 0 aliphatic carbocycles. The van der Waals surface area contributed by atoms with E-state index in [1.807, 2.05) is 61.5 Å². The van der Waals surface area contributed by atoms with E-state index in [2.05, 4.69) is 5.10 Å². The molecule has 0 amide bonds. The molecule has 4 heteroatoms. The maximum absolute atomic E-state index is 6.28. The van der Waals surface area contributed by atoms with Crippen molar-refractivity contribution >= 4 is 17.4 Å². The van der Waals surface area contributed by atoms with Gasteiger partial charge < -0.3 is 5.73 Å². The van der Waals surface area contributed by atoms with Gasteiger partial charge in [0.15, 0.2) is 0 Å². The van der Waals surface area contributed by atoms with Crippen LogP contribution in [0.1, 0.15) is 5.69 Å². The number of anilines is 1. The van der Waals surface area contributed by atoms with Crippen LogP contribution in [0.3, 0.4) is 0 Å². The lowest BCUT2D eigenvalue weighted by Crippen LogP contribution is -2.02. The van der Waals surface area contributed by atoms with Crippen LogP contribution in [0.5, 0.6) is 0 Å². The maximum Gasteiger partial charge on any atom is 0.135 e. The van der Waals surface area contributed by atoms with Crippen LogP contribution in [0, 0.1) is 6.92 Å². The molecule has 3 aromatic rings. The number of rotatable bonds is 2. The van der Waals surface area contributed by atoms with Gasteiger partial charge >= 0.3 is 0 Å². The van der Waals surface area contributed by atoms with E-state index >= 15 is 0 Å². The Morgan fingerprint density at radius 3 is 2.50 bits per heavy atom. The van der Waals surface area contributed by atoms with Gasteiger partial charge in [-0.05, 0) is 30.7 Å². The zero-order valence-corrected chi connectivity index (χ0v) is 11.8. The molecule has 0 radical (unpaired) electrons. The molecule has 0 saturated heterocycles. The molecule has 100 valence electrons. The molecule has 0 aliphatic rings. The first-order chi connectivity index (χ1) is 9.66. The number of halogens is 1. The van der Waals surface area contributed by atoms with Gasteiger partial charge in [-0.15, -0.1) is 0 Å². The highest BCUT2D eigenvalue weighted by Crippen LogP contribution is 2.31. The van der Waals surface area contributed by atoms with Crippen molar-refractivity contribution in [3.05, 3.63) is 65.3 Å². The predicted molar refractivity (Wildman–Crippen MR) is 83.2 cm³/mol. The molecule has 2 aromatic carbocycles. The van der Waals surface area contributed by atoms with Crippen LogP contribution in [0.15, 0.2) is 54.6 Å². The fourth-order valence-corrected chi connectivity index (χ4v) is 2.50. The molecule has 2 N–H and O–H groups in total. The quantitative estimate of drug-likeness (QED) is 0.770. The number of aromatic nitrogens is 2. The van der Waals surface area contributed by atoms with Crippen molar-refractivity contribution in [2.45, 2.75) is 6.92 Å². The number of nitrogen functional groups attached to an aromatic ring is 1. The summed E-state index contributed by atoms with van der Waals surface area (Å²) in [6, 6.07) is 17.5. The second-order valence-electron chi connectivity index (χ2n) is 4.60. The van der Waals surface area contributed by atoms with Gasteiger partial charge in [0.25, 0.3) is 0 Å². The van der Waals surface area contributed by atoms with E-state index < -0.39 is 0 Å². The van der Waals surface area contributed by atoms with Gasteiger partial charge in [0.05, 0.1) is 11.4 Å². The van der Waals surface area contributed by atoms with E-state index in [-0.39, 0.29) is 0 Å². The monoisotopic (exact) mass is 283 g/mol. The number of hydrogen-bond donors (Lipinski definition) is 1. The maximum atomic E-state index is 6.28. The summed E-state index contributed by atoms with van der Waals surface area (Å²) in [4.78, 5) is 0. The van der Waals surface area contributed by atoms with E-state index in [0.717, 1.165) is 22.5 Å². The minimum absolute atomic E-state index is 0.621. The van der Waals surface area contributed by atoms with Crippen LogP contribution in [-0.4, -0.2) is 9.78 Å². The second-order valence-corrected chi connectivity index (χ2v) is 5.04. The van der Waals surface area contributed by atoms with Gasteiger partial charge in [-0.2, -0.15) is 5.10 Å². The highest BCUT2D eigenvalue weighted by atomic mass is 35.5. The molecule has 3 rings (SSSR count). The Morgan fingerprint density at radius 2 is 1.80 bits per heavy atom. The molecule has 0 aliphatic heterocycles. The van der Waals surface area contributed by atoms with Gasteiger partial charge in [0.2, 0.25) is 0 Å². The Labute approximate surface area is 122 Å². The lowest BCUT2D eigenvalue weighted by atomic mass is 10.1. The second kappa shape index (κ2) is 5.02. The molecular formula is C16H14ClN3. The smallest absolute Gasteiger partial charge is 0.135 e. The van der Waals surface area contributed by atoms with Crippen LogP contribution in [0.2, 0.25) is 5.02 Å². The third-order valence-corrected chi connectivity index (χ3v) is 3.45. The van der Waals surface area contributed by atoms with E-state index in [0.29, 0.717) is 10.8 Å². The van der Waals surface area contributed by atoms with Crippen molar-refractivity contribution in [3.63, 3.8) is 0 Å². The molecule has 3 nitrogen and oxygen atoms in total. The van der Waals surface area contributed by atoms with Crippen molar-refractivity contribution in [1.82, 2.24) is 9.78 Å². The lowest BCUT2D eigenvalue weighted by molar-refractivity contribution is 0.872. The Morgan fingerprint density at radius 1 is 1.05 bits per heavy atom. The minimum atomic E-state index is 0.621. The van der Waals surface area contributed by atoms with Gasteiger partial charge in [-0.25, -0.2) is 4.68 Å². The van der Waals surface area contributed by atoms with Gasteiger partial charge in [0.1, 0.15) is 5.82 Å². The van der Waals surface area contributed by atoms with Crippen LogP contribution < -0.4 is 5.73 Å². The van der Waals surface area contributed by atoms with Gasteiger partial charge in [0, 0.05) is 10.6 Å². The molecule has 0 bridgehead atoms. The highest BCUT2D eigenvalue weighted by molar-refractivity contribution is 6.30. The molecule has 1 aromatic heterocycles. The first-order valence-corrected chi connectivity index (χ1v) is 6.71. The Bertz CT molecular complexity index is 748. The van der Waals surface area contributed by atoms with Crippen LogP contribution in [0.4, 0.5) is 5.82 Å². The molecule has 0 spiro atoms. The summed E-state index contributed by atoms with van der Waals surface area (Å²) < 4.78 is 1.73. The average Bonchev–Trinajstić information content (AvgIpc) is 2.75. The molecule has 0 unspecified atom stereocenters. The normalized spacial score (nSPS) is 10.7. The van der Waals surface area contributed by atoms with Crippen molar-refractivity contribution in [1.29, 1.82) is 0 Å². The van der Waals surface area contributed by atoms with Crippen LogP contribution >= 0.6 is 11.6 Å². The first-order valence-electron chi connectivity index (χ1n) is 6.33. The molecule has 0 atom stereocenters. The Balaban J connectivity index is 2.17. The molecule has 20 heavy (non-hydrogen) atoms. The number of nitrogens with zero attached hydrogens (tertiary/aromatic N) is 2. The first kappa shape index (κ1) is 12.8. The zero-order chi connectivity index (χ0) is 14.1. The third kappa shape index (κ3) is 2.17. The van der Waals surface area contributed by atoms with E-state index in [1.54, 1.807) is 4.68 Å². The topological polar surface area (TPSA) is 43.8 Å². The molecule has 0 saturated carbocycles. The summed E-state index contributed by atoms with van der Waals surface area (Å²) >= 11 is 6.03. The molecular weight excluding hydrogens is 270 g/mol. The molecule has 0 fully saturated rings. The fraction of sp³-hybridized carbons (Fsp3) is 0.0625. The standard InChI is InChI=1S/C16H14ClN3/c1-11-15(12-6-3-2-4-7-12)16(18)20(19-11)14-9-5-8-13(17)10-14/h2-10H,18H2,1H3. The minimum Gasteiger partial charge on any atom is -0.383 e. The van der Waals surface area contributed by atoms with E-state index in [9.17, 15) is 0 Å². The highest BCUT2D eigenvalue weighted by Gasteiger charge is 2.15. The lowest BCUT2D eigenvalue weighted by Gasteiger charge is -2.05. The number of benzene rings is 2. The summed E-state index contributed by atoms with van der Waals surface area (Å²) in [5.41, 5.74) is 10.1. The summed E-state index contributed by atoms with van der Waals surface area (Å²) in [7, 11) is 0. The van der Waals surface area contributed by atoms with Crippen molar-refractivity contribution in [2.24, 2.45) is 0 Å². The number of nitrogens with two attached hydrogens (primary N) is 1. The third-order valence-electron chi connectivity index (χ3n) is 3.21. The summed E-state index contributed by atoms with van der Waals surface area (Å²) in [5.74, 6) is 0.621. The average molecular weight is 284 g/mol. The van der Waals surface area contributed by atoms with E-state index in [4.69, 9.17) is 17.3 Å². The summed E-state index contributed by atoms with van der Waals surface area (Å²) in [6.07, 6.45) is 0. The van der Waals surface area contributed by atoms with Crippen molar-refractivity contribution < 1.29 is 0 Å². The number of hydrogen-bond acceptors (Lipinski definition) is 2. The SMILES string of the molecule is Cc1nn(-c2cccc(Cl)c2)c(N)c1-c1ccccc1. The van der Waals surface area contributed by atoms with Gasteiger partial charge in [-0.3, -0.25) is 0 Å². The van der Waals surface area contributed by atoms with Crippen LogP contribution in [-0.2, 0) is 0 Å².